The molecule has 0 bridgehead atoms. The molecule has 1 aromatic heterocycles. The predicted molar refractivity (Wildman–Crippen MR) is 84.7 cm³/mol. The van der Waals surface area contributed by atoms with Gasteiger partial charge in [-0.3, -0.25) is 9.59 Å². The molecule has 3 rings (SSSR count). The van der Waals surface area contributed by atoms with Crippen LogP contribution in [0.4, 0.5) is 0 Å². The largest absolute Gasteiger partial charge is 0.488 e. The van der Waals surface area contributed by atoms with Crippen molar-refractivity contribution in [3.63, 3.8) is 0 Å². The van der Waals surface area contributed by atoms with Gasteiger partial charge in [0.25, 0.3) is 11.8 Å². The highest BCUT2D eigenvalue weighted by Gasteiger charge is 2.27. The number of thiophene rings is 1. The number of rotatable bonds is 3. The van der Waals surface area contributed by atoms with E-state index in [1.807, 2.05) is 28.5 Å². The number of amides is 2. The van der Waals surface area contributed by atoms with Gasteiger partial charge in [0.1, 0.15) is 0 Å². The summed E-state index contributed by atoms with van der Waals surface area (Å²) < 4.78 is 5.43. The van der Waals surface area contributed by atoms with Crippen LogP contribution in [0.2, 0.25) is 0 Å². The molecule has 118 valence electrons. The average Bonchev–Trinajstić information content (AvgIpc) is 3.10. The number of carbonyl (C=O) groups excluding carboxylic acids is 2. The zero-order valence-corrected chi connectivity index (χ0v) is 13.2. The second-order valence-electron chi connectivity index (χ2n) is 5.58. The van der Waals surface area contributed by atoms with Gasteiger partial charge in [-0.15, -0.1) is 11.3 Å². The van der Waals surface area contributed by atoms with Crippen LogP contribution in [0, 0.1) is 0 Å². The number of hydrogen-bond donors (Lipinski definition) is 1. The Kier molecular flexibility index (Phi) is 4.77. The minimum atomic E-state index is -0.0156. The van der Waals surface area contributed by atoms with E-state index in [0.29, 0.717) is 25.5 Å². The van der Waals surface area contributed by atoms with Crippen LogP contribution in [0.25, 0.3) is 0 Å². The van der Waals surface area contributed by atoms with Gasteiger partial charge in [0.15, 0.2) is 5.76 Å². The van der Waals surface area contributed by atoms with Crippen LogP contribution in [0.5, 0.6) is 0 Å². The van der Waals surface area contributed by atoms with Gasteiger partial charge in [-0.05, 0) is 43.2 Å². The Balaban J connectivity index is 1.49. The predicted octanol–water partition coefficient (Wildman–Crippen LogP) is 2.16. The Morgan fingerprint density at radius 1 is 1.32 bits per heavy atom. The van der Waals surface area contributed by atoms with Gasteiger partial charge in [-0.2, -0.15) is 0 Å². The molecule has 2 amide bonds. The zero-order chi connectivity index (χ0) is 15.4. The Morgan fingerprint density at radius 2 is 2.14 bits per heavy atom. The first kappa shape index (κ1) is 15.1. The van der Waals surface area contributed by atoms with Gasteiger partial charge in [0.2, 0.25) is 0 Å². The van der Waals surface area contributed by atoms with Crippen LogP contribution >= 0.6 is 11.3 Å². The fourth-order valence-electron chi connectivity index (χ4n) is 2.75. The van der Waals surface area contributed by atoms with Gasteiger partial charge < -0.3 is 15.0 Å². The SMILES string of the molecule is O=C(NC1CCN(C(=O)C2=CCCCO2)CC1)c1cccs1. The second kappa shape index (κ2) is 6.96. The maximum atomic E-state index is 12.3. The van der Waals surface area contributed by atoms with Crippen molar-refractivity contribution in [2.24, 2.45) is 0 Å². The number of piperidine rings is 1. The molecule has 5 nitrogen and oxygen atoms in total. The first-order valence-corrected chi connectivity index (χ1v) is 8.58. The van der Waals surface area contributed by atoms with Crippen LogP contribution in [-0.4, -0.2) is 42.5 Å². The van der Waals surface area contributed by atoms with E-state index >= 15 is 0 Å². The molecular weight excluding hydrogens is 300 g/mol. The van der Waals surface area contributed by atoms with Gasteiger partial charge in [0, 0.05) is 19.1 Å². The molecule has 0 aromatic carbocycles. The number of hydrogen-bond acceptors (Lipinski definition) is 4. The Bertz CT molecular complexity index is 560. The molecule has 1 fully saturated rings. The van der Waals surface area contributed by atoms with Gasteiger partial charge in [0.05, 0.1) is 11.5 Å². The molecule has 2 aliphatic heterocycles. The molecule has 0 atom stereocenters. The van der Waals surface area contributed by atoms with Crippen LogP contribution in [0.15, 0.2) is 29.3 Å². The summed E-state index contributed by atoms with van der Waals surface area (Å²) in [6.45, 7) is 1.95. The van der Waals surface area contributed by atoms with E-state index in [0.717, 1.165) is 30.6 Å². The van der Waals surface area contributed by atoms with Crippen molar-refractivity contribution in [1.29, 1.82) is 0 Å². The number of allylic oxidation sites excluding steroid dienone is 1. The minimum Gasteiger partial charge on any atom is -0.488 e. The van der Waals surface area contributed by atoms with E-state index in [1.54, 1.807) is 0 Å². The summed E-state index contributed by atoms with van der Waals surface area (Å²) in [5.74, 6) is 0.466. The molecule has 0 saturated carbocycles. The number of nitrogens with zero attached hydrogens (tertiary/aromatic N) is 1. The number of ether oxygens (including phenoxy) is 1. The lowest BCUT2D eigenvalue weighted by Gasteiger charge is -2.33. The third-order valence-corrected chi connectivity index (χ3v) is 4.88. The van der Waals surface area contributed by atoms with Crippen molar-refractivity contribution in [2.75, 3.05) is 19.7 Å². The molecule has 0 unspecified atom stereocenters. The highest BCUT2D eigenvalue weighted by Crippen LogP contribution is 2.18. The molecule has 22 heavy (non-hydrogen) atoms. The summed E-state index contributed by atoms with van der Waals surface area (Å²) >= 11 is 1.44. The Morgan fingerprint density at radius 3 is 2.77 bits per heavy atom. The zero-order valence-electron chi connectivity index (χ0n) is 12.4. The monoisotopic (exact) mass is 320 g/mol. The van der Waals surface area contributed by atoms with Gasteiger partial charge in [-0.25, -0.2) is 0 Å². The summed E-state index contributed by atoms with van der Waals surface area (Å²) in [4.78, 5) is 26.9. The fraction of sp³-hybridized carbons (Fsp3) is 0.500. The first-order valence-electron chi connectivity index (χ1n) is 7.70. The maximum absolute atomic E-state index is 12.3. The van der Waals surface area contributed by atoms with E-state index < -0.39 is 0 Å². The molecule has 0 spiro atoms. The lowest BCUT2D eigenvalue weighted by Crippen LogP contribution is -2.47. The highest BCUT2D eigenvalue weighted by molar-refractivity contribution is 7.12. The maximum Gasteiger partial charge on any atom is 0.288 e. The van der Waals surface area contributed by atoms with Crippen molar-refractivity contribution >= 4 is 23.2 Å². The van der Waals surface area contributed by atoms with E-state index in [2.05, 4.69) is 5.32 Å². The van der Waals surface area contributed by atoms with Crippen molar-refractivity contribution < 1.29 is 14.3 Å². The van der Waals surface area contributed by atoms with E-state index in [1.165, 1.54) is 11.3 Å². The van der Waals surface area contributed by atoms with Crippen LogP contribution in [-0.2, 0) is 9.53 Å². The van der Waals surface area contributed by atoms with Crippen LogP contribution < -0.4 is 5.32 Å². The molecule has 0 radical (unpaired) electrons. The third kappa shape index (κ3) is 3.50. The topological polar surface area (TPSA) is 58.6 Å². The highest BCUT2D eigenvalue weighted by atomic mass is 32.1. The Hall–Kier alpha value is -1.82. The molecular formula is C16H20N2O3S. The van der Waals surface area contributed by atoms with Crippen LogP contribution in [0.3, 0.4) is 0 Å². The number of nitrogens with one attached hydrogen (secondary N) is 1. The van der Waals surface area contributed by atoms with Crippen molar-refractivity contribution in [3.05, 3.63) is 34.2 Å². The molecule has 1 N–H and O–H groups in total. The summed E-state index contributed by atoms with van der Waals surface area (Å²) in [6, 6.07) is 3.84. The first-order chi connectivity index (χ1) is 10.7. The Labute approximate surface area is 133 Å². The smallest absolute Gasteiger partial charge is 0.288 e. The summed E-state index contributed by atoms with van der Waals surface area (Å²) in [6.07, 6.45) is 5.35. The molecule has 0 aliphatic carbocycles. The molecule has 2 aliphatic rings. The fourth-order valence-corrected chi connectivity index (χ4v) is 3.38. The van der Waals surface area contributed by atoms with Crippen molar-refractivity contribution in [1.82, 2.24) is 10.2 Å². The standard InChI is InChI=1S/C16H20N2O3S/c19-15(14-5-3-11-22-14)17-12-6-8-18(9-7-12)16(20)13-4-1-2-10-21-13/h3-5,11-12H,1-2,6-10H2,(H,17,19). The normalized spacial score (nSPS) is 19.3. The van der Waals surface area contributed by atoms with Crippen molar-refractivity contribution in [2.45, 2.75) is 31.7 Å². The molecule has 6 heteroatoms. The third-order valence-electron chi connectivity index (χ3n) is 4.01. The van der Waals surface area contributed by atoms with Crippen LogP contribution in [0.1, 0.15) is 35.4 Å². The van der Waals surface area contributed by atoms with E-state index in [-0.39, 0.29) is 17.9 Å². The number of likely N-dealkylation sites (tertiary alicyclic amines) is 1. The second-order valence-corrected chi connectivity index (χ2v) is 6.52. The summed E-state index contributed by atoms with van der Waals surface area (Å²) in [7, 11) is 0. The van der Waals surface area contributed by atoms with Gasteiger partial charge in [-0.1, -0.05) is 6.07 Å². The lowest BCUT2D eigenvalue weighted by atomic mass is 10.0. The van der Waals surface area contributed by atoms with Crippen molar-refractivity contribution in [3.8, 4) is 0 Å². The van der Waals surface area contributed by atoms with E-state index in [9.17, 15) is 9.59 Å². The molecule has 3 heterocycles. The van der Waals surface area contributed by atoms with Gasteiger partial charge >= 0.3 is 0 Å². The average molecular weight is 320 g/mol. The number of carbonyl (C=O) groups is 2. The summed E-state index contributed by atoms with van der Waals surface area (Å²) in [5, 5.41) is 4.94. The quantitative estimate of drug-likeness (QED) is 0.928. The summed E-state index contributed by atoms with van der Waals surface area (Å²) in [5.41, 5.74) is 0. The van der Waals surface area contributed by atoms with E-state index in [4.69, 9.17) is 4.74 Å². The lowest BCUT2D eigenvalue weighted by molar-refractivity contribution is -0.132. The molecule has 1 aromatic rings. The minimum absolute atomic E-state index is 0.0114. The molecule has 1 saturated heterocycles.